The largest absolute Gasteiger partial charge is 0.397 e. The van der Waals surface area contributed by atoms with Gasteiger partial charge in [-0.05, 0) is 31.4 Å². The van der Waals surface area contributed by atoms with Crippen molar-refractivity contribution in [1.82, 2.24) is 0 Å². The topological polar surface area (TPSA) is 58.7 Å². The lowest BCUT2D eigenvalue weighted by Gasteiger charge is -2.17. The standard InChI is InChI=1S/C13H15N3O/c14-10-6-2-4-8-12(10)16-13(17)9-5-1-3-7-11(9)15-16/h2,4,6,8-9H,1,3,5,7,14H2. The first-order chi connectivity index (χ1) is 8.27. The maximum atomic E-state index is 12.2. The molecule has 17 heavy (non-hydrogen) atoms. The van der Waals surface area contributed by atoms with Crippen molar-refractivity contribution in [1.29, 1.82) is 0 Å². The zero-order valence-corrected chi connectivity index (χ0v) is 9.60. The van der Waals surface area contributed by atoms with Gasteiger partial charge in [0.2, 0.25) is 0 Å². The normalized spacial score (nSPS) is 23.5. The van der Waals surface area contributed by atoms with E-state index in [4.69, 9.17) is 5.73 Å². The average Bonchev–Trinajstić information content (AvgIpc) is 2.68. The van der Waals surface area contributed by atoms with Crippen molar-refractivity contribution >= 4 is 23.0 Å². The van der Waals surface area contributed by atoms with Gasteiger partial charge in [0.15, 0.2) is 0 Å². The van der Waals surface area contributed by atoms with Crippen LogP contribution in [0.5, 0.6) is 0 Å². The lowest BCUT2D eigenvalue weighted by Crippen LogP contribution is -2.29. The molecule has 1 aromatic rings. The van der Waals surface area contributed by atoms with E-state index in [1.54, 1.807) is 6.07 Å². The van der Waals surface area contributed by atoms with E-state index in [0.717, 1.165) is 31.4 Å². The third-order valence-corrected chi connectivity index (χ3v) is 3.48. The third kappa shape index (κ3) is 1.60. The number of nitrogens with zero attached hydrogens (tertiary/aromatic N) is 2. The first-order valence-electron chi connectivity index (χ1n) is 6.03. The van der Waals surface area contributed by atoms with Gasteiger partial charge in [-0.1, -0.05) is 18.6 Å². The van der Waals surface area contributed by atoms with Gasteiger partial charge in [-0.3, -0.25) is 4.79 Å². The Morgan fingerprint density at radius 2 is 2.12 bits per heavy atom. The molecule has 1 saturated carbocycles. The van der Waals surface area contributed by atoms with Crippen molar-refractivity contribution in [2.45, 2.75) is 25.7 Å². The SMILES string of the molecule is Nc1ccccc1N1N=C2CCCCC2C1=O. The number of carbonyl (C=O) groups excluding carboxylic acids is 1. The van der Waals surface area contributed by atoms with Crippen LogP contribution in [0.25, 0.3) is 0 Å². The first-order valence-corrected chi connectivity index (χ1v) is 6.03. The van der Waals surface area contributed by atoms with Crippen molar-refractivity contribution < 1.29 is 4.79 Å². The fraction of sp³-hybridized carbons (Fsp3) is 0.385. The minimum Gasteiger partial charge on any atom is -0.397 e. The number of para-hydroxylation sites is 2. The zero-order valence-electron chi connectivity index (χ0n) is 9.60. The van der Waals surface area contributed by atoms with Gasteiger partial charge in [0.05, 0.1) is 23.0 Å². The van der Waals surface area contributed by atoms with E-state index in [1.807, 2.05) is 18.2 Å². The molecule has 1 unspecified atom stereocenters. The number of hydrogen-bond donors (Lipinski definition) is 1. The van der Waals surface area contributed by atoms with Crippen LogP contribution in [0.4, 0.5) is 11.4 Å². The van der Waals surface area contributed by atoms with Gasteiger partial charge >= 0.3 is 0 Å². The summed E-state index contributed by atoms with van der Waals surface area (Å²) in [5.41, 5.74) is 8.23. The van der Waals surface area contributed by atoms with Crippen LogP contribution in [0.3, 0.4) is 0 Å². The summed E-state index contributed by atoms with van der Waals surface area (Å²) in [6, 6.07) is 7.38. The van der Waals surface area contributed by atoms with Crippen molar-refractivity contribution in [2.24, 2.45) is 11.0 Å². The number of anilines is 2. The minimum absolute atomic E-state index is 0.00311. The molecule has 0 radical (unpaired) electrons. The Kier molecular flexibility index (Phi) is 2.35. The number of benzene rings is 1. The third-order valence-electron chi connectivity index (χ3n) is 3.48. The Labute approximate surface area is 100 Å². The second-order valence-corrected chi connectivity index (χ2v) is 4.60. The summed E-state index contributed by atoms with van der Waals surface area (Å²) < 4.78 is 0. The molecule has 1 amide bonds. The fourth-order valence-electron chi connectivity index (χ4n) is 2.56. The van der Waals surface area contributed by atoms with Gasteiger partial charge < -0.3 is 5.73 Å². The molecule has 1 aromatic carbocycles. The molecule has 0 aromatic heterocycles. The van der Waals surface area contributed by atoms with E-state index in [1.165, 1.54) is 5.01 Å². The maximum absolute atomic E-state index is 12.2. The molecule has 2 N–H and O–H groups in total. The first kappa shape index (κ1) is 10.3. The number of rotatable bonds is 1. The number of carbonyl (C=O) groups is 1. The molecule has 4 nitrogen and oxygen atoms in total. The molecule has 2 aliphatic rings. The smallest absolute Gasteiger partial charge is 0.256 e. The lowest BCUT2D eigenvalue weighted by molar-refractivity contribution is -0.120. The molecule has 1 aliphatic heterocycles. The highest BCUT2D eigenvalue weighted by atomic mass is 16.2. The van der Waals surface area contributed by atoms with E-state index >= 15 is 0 Å². The van der Waals surface area contributed by atoms with Gasteiger partial charge in [-0.2, -0.15) is 10.1 Å². The van der Waals surface area contributed by atoms with Gasteiger partial charge in [0.25, 0.3) is 5.91 Å². The van der Waals surface area contributed by atoms with Gasteiger partial charge in [0.1, 0.15) is 0 Å². The number of fused-ring (bicyclic) bond motifs is 1. The van der Waals surface area contributed by atoms with Crippen molar-refractivity contribution in [3.63, 3.8) is 0 Å². The Morgan fingerprint density at radius 1 is 1.29 bits per heavy atom. The number of hydrogen-bond acceptors (Lipinski definition) is 3. The maximum Gasteiger partial charge on any atom is 0.256 e. The Hall–Kier alpha value is -1.84. The van der Waals surface area contributed by atoms with E-state index in [-0.39, 0.29) is 11.8 Å². The second-order valence-electron chi connectivity index (χ2n) is 4.60. The van der Waals surface area contributed by atoms with Crippen LogP contribution in [0.1, 0.15) is 25.7 Å². The summed E-state index contributed by atoms with van der Waals surface area (Å²) in [6.07, 6.45) is 4.13. The second kappa shape index (κ2) is 3.87. The molecule has 0 bridgehead atoms. The molecule has 1 atom stereocenters. The summed E-state index contributed by atoms with van der Waals surface area (Å²) in [4.78, 5) is 12.2. The van der Waals surface area contributed by atoms with E-state index in [2.05, 4.69) is 5.10 Å². The van der Waals surface area contributed by atoms with Crippen LogP contribution < -0.4 is 10.7 Å². The highest BCUT2D eigenvalue weighted by molar-refractivity contribution is 6.16. The molecular weight excluding hydrogens is 214 g/mol. The molecule has 0 saturated heterocycles. The molecule has 4 heteroatoms. The quantitative estimate of drug-likeness (QED) is 0.750. The van der Waals surface area contributed by atoms with Crippen LogP contribution in [-0.4, -0.2) is 11.6 Å². The Balaban J connectivity index is 1.98. The van der Waals surface area contributed by atoms with Crippen LogP contribution in [0, 0.1) is 5.92 Å². The Bertz CT molecular complexity index is 495. The lowest BCUT2D eigenvalue weighted by atomic mass is 9.87. The average molecular weight is 229 g/mol. The number of amides is 1. The van der Waals surface area contributed by atoms with Gasteiger partial charge in [0, 0.05) is 0 Å². The highest BCUT2D eigenvalue weighted by Gasteiger charge is 2.38. The van der Waals surface area contributed by atoms with Gasteiger partial charge in [-0.25, -0.2) is 0 Å². The highest BCUT2D eigenvalue weighted by Crippen LogP contribution is 2.34. The van der Waals surface area contributed by atoms with Crippen LogP contribution in [0.2, 0.25) is 0 Å². The van der Waals surface area contributed by atoms with Gasteiger partial charge in [-0.15, -0.1) is 0 Å². The number of nitrogen functional groups attached to an aromatic ring is 1. The van der Waals surface area contributed by atoms with Crippen molar-refractivity contribution in [2.75, 3.05) is 10.7 Å². The molecule has 3 rings (SSSR count). The van der Waals surface area contributed by atoms with E-state index in [0.29, 0.717) is 11.4 Å². The number of hydrazone groups is 1. The fourth-order valence-corrected chi connectivity index (χ4v) is 2.56. The van der Waals surface area contributed by atoms with E-state index < -0.39 is 0 Å². The monoisotopic (exact) mass is 229 g/mol. The van der Waals surface area contributed by atoms with E-state index in [9.17, 15) is 4.79 Å². The van der Waals surface area contributed by atoms with Crippen LogP contribution >= 0.6 is 0 Å². The minimum atomic E-state index is 0.00311. The predicted octanol–water partition coefficient (Wildman–Crippen LogP) is 2.16. The summed E-state index contributed by atoms with van der Waals surface area (Å²) >= 11 is 0. The summed E-state index contributed by atoms with van der Waals surface area (Å²) in [5.74, 6) is 0.0842. The summed E-state index contributed by atoms with van der Waals surface area (Å²) in [6.45, 7) is 0. The number of nitrogens with two attached hydrogens (primary N) is 1. The Morgan fingerprint density at radius 3 is 2.88 bits per heavy atom. The van der Waals surface area contributed by atoms with Crippen LogP contribution in [-0.2, 0) is 4.79 Å². The summed E-state index contributed by atoms with van der Waals surface area (Å²) in [7, 11) is 0. The molecule has 1 heterocycles. The predicted molar refractivity (Wildman–Crippen MR) is 67.7 cm³/mol. The molecule has 0 spiro atoms. The van der Waals surface area contributed by atoms with Crippen LogP contribution in [0.15, 0.2) is 29.4 Å². The molecular formula is C13H15N3O. The molecule has 88 valence electrons. The van der Waals surface area contributed by atoms with Crippen molar-refractivity contribution in [3.05, 3.63) is 24.3 Å². The zero-order chi connectivity index (χ0) is 11.8. The van der Waals surface area contributed by atoms with Crippen molar-refractivity contribution in [3.8, 4) is 0 Å². The molecule has 1 aliphatic carbocycles. The molecule has 1 fully saturated rings. The summed E-state index contributed by atoms with van der Waals surface area (Å²) in [5, 5.41) is 5.93.